The Morgan fingerprint density at radius 3 is 2.38 bits per heavy atom. The molecule has 0 spiro atoms. The summed E-state index contributed by atoms with van der Waals surface area (Å²) in [6, 6.07) is 21.3. The van der Waals surface area contributed by atoms with Crippen molar-refractivity contribution in [2.45, 2.75) is 38.4 Å². The van der Waals surface area contributed by atoms with Gasteiger partial charge in [0.1, 0.15) is 5.82 Å². The average molecular weight is 404 g/mol. The van der Waals surface area contributed by atoms with Crippen molar-refractivity contribution in [1.82, 2.24) is 14.3 Å². The first-order chi connectivity index (χ1) is 14.3. The highest BCUT2D eigenvalue weighted by Crippen LogP contribution is 2.39. The van der Waals surface area contributed by atoms with Crippen LogP contribution in [0.15, 0.2) is 66.7 Å². The first-order valence-electron chi connectivity index (χ1n) is 10.6. The number of aromatic nitrogens is 3. The number of nitrogens with zero attached hydrogens (tertiary/aromatic N) is 3. The fraction of sp³-hybridized carbons (Fsp3) is 0.333. The highest BCUT2D eigenvalue weighted by molar-refractivity contribution is 7.71. The number of nitrogens with one attached hydrogen (secondary N) is 1. The van der Waals surface area contributed by atoms with Gasteiger partial charge in [-0.3, -0.25) is 4.57 Å². The topological polar surface area (TPSA) is 27.2 Å². The number of rotatable bonds is 6. The first-order valence-corrected chi connectivity index (χ1v) is 11.0. The molecule has 1 aromatic heterocycles. The van der Waals surface area contributed by atoms with Crippen LogP contribution in [0.5, 0.6) is 0 Å². The molecule has 0 saturated heterocycles. The van der Waals surface area contributed by atoms with E-state index >= 15 is 0 Å². The molecule has 1 unspecified atom stereocenters. The zero-order chi connectivity index (χ0) is 19.6. The monoisotopic (exact) mass is 403 g/mol. The van der Waals surface area contributed by atoms with E-state index in [1.54, 1.807) is 0 Å². The summed E-state index contributed by atoms with van der Waals surface area (Å²) >= 11 is 5.86. The molecule has 3 aromatic rings. The zero-order valence-electron chi connectivity index (χ0n) is 16.6. The molecule has 2 aliphatic rings. The fourth-order valence-corrected chi connectivity index (χ4v) is 4.44. The highest BCUT2D eigenvalue weighted by Gasteiger charge is 2.30. The van der Waals surface area contributed by atoms with E-state index in [1.807, 2.05) is 0 Å². The molecule has 1 N–H and O–H groups in total. The fourth-order valence-electron chi connectivity index (χ4n) is 4.17. The maximum absolute atomic E-state index is 5.86. The molecule has 29 heavy (non-hydrogen) atoms. The molecule has 0 amide bonds. The molecule has 1 aliphatic carbocycles. The van der Waals surface area contributed by atoms with Gasteiger partial charge in [-0.05, 0) is 47.8 Å². The first kappa shape index (κ1) is 18.5. The van der Waals surface area contributed by atoms with Crippen LogP contribution in [-0.2, 0) is 13.2 Å². The number of hydrogen-bond donors (Lipinski definition) is 1. The van der Waals surface area contributed by atoms with E-state index in [0.717, 1.165) is 37.5 Å². The van der Waals surface area contributed by atoms with Crippen molar-refractivity contribution in [1.29, 1.82) is 0 Å². The van der Waals surface area contributed by atoms with Crippen LogP contribution >= 0.6 is 12.2 Å². The highest BCUT2D eigenvalue weighted by atomic mass is 32.1. The molecule has 1 saturated carbocycles. The van der Waals surface area contributed by atoms with Crippen LogP contribution in [0.2, 0.25) is 0 Å². The summed E-state index contributed by atoms with van der Waals surface area (Å²) in [6.45, 7) is 3.81. The lowest BCUT2D eigenvalue weighted by Crippen LogP contribution is -3.11. The van der Waals surface area contributed by atoms with Crippen molar-refractivity contribution in [3.05, 3.63) is 88.5 Å². The van der Waals surface area contributed by atoms with Crippen LogP contribution in [-0.4, -0.2) is 27.4 Å². The number of quaternary nitrogens is 1. The number of benzene rings is 2. The van der Waals surface area contributed by atoms with E-state index < -0.39 is 0 Å². The van der Waals surface area contributed by atoms with Crippen molar-refractivity contribution in [2.24, 2.45) is 0 Å². The van der Waals surface area contributed by atoms with Gasteiger partial charge in [0.15, 0.2) is 6.67 Å². The van der Waals surface area contributed by atoms with Crippen molar-refractivity contribution in [2.75, 3.05) is 13.1 Å². The van der Waals surface area contributed by atoms with Gasteiger partial charge in [0, 0.05) is 12.3 Å². The van der Waals surface area contributed by atoms with Gasteiger partial charge in [-0.1, -0.05) is 60.7 Å². The third kappa shape index (κ3) is 4.11. The predicted molar refractivity (Wildman–Crippen MR) is 118 cm³/mol. The Balaban J connectivity index is 1.34. The molecule has 148 valence electrons. The third-order valence-electron chi connectivity index (χ3n) is 5.98. The van der Waals surface area contributed by atoms with E-state index in [1.165, 1.54) is 40.3 Å². The SMILES string of the molecule is S=c1n(C[NH+]2CC=C(c3ccccc3)CC2)nc(C2CC2)n1Cc1ccccc1. The molecular formula is C24H27N4S+. The second-order valence-electron chi connectivity index (χ2n) is 8.19. The molecule has 0 bridgehead atoms. The Labute approximate surface area is 177 Å². The summed E-state index contributed by atoms with van der Waals surface area (Å²) in [7, 11) is 0. The third-order valence-corrected chi connectivity index (χ3v) is 6.41. The van der Waals surface area contributed by atoms with E-state index in [4.69, 9.17) is 17.3 Å². The Hall–Kier alpha value is -2.50. The molecule has 1 fully saturated rings. The van der Waals surface area contributed by atoms with Gasteiger partial charge < -0.3 is 4.90 Å². The lowest BCUT2D eigenvalue weighted by Gasteiger charge is -2.23. The largest absolute Gasteiger partial charge is 0.313 e. The minimum Gasteiger partial charge on any atom is -0.313 e. The summed E-state index contributed by atoms with van der Waals surface area (Å²) in [6.07, 6.45) is 5.97. The summed E-state index contributed by atoms with van der Waals surface area (Å²) < 4.78 is 5.20. The van der Waals surface area contributed by atoms with Crippen LogP contribution < -0.4 is 4.90 Å². The Bertz CT molecular complexity index is 1060. The van der Waals surface area contributed by atoms with Crippen LogP contribution in [0.1, 0.15) is 42.1 Å². The minimum atomic E-state index is 0.586. The molecular weight excluding hydrogens is 376 g/mol. The van der Waals surface area contributed by atoms with Gasteiger partial charge >= 0.3 is 0 Å². The Morgan fingerprint density at radius 1 is 1.00 bits per heavy atom. The smallest absolute Gasteiger partial charge is 0.203 e. The zero-order valence-corrected chi connectivity index (χ0v) is 17.4. The van der Waals surface area contributed by atoms with Gasteiger partial charge in [-0.2, -0.15) is 9.78 Å². The van der Waals surface area contributed by atoms with E-state index in [0.29, 0.717) is 5.92 Å². The Kier molecular flexibility index (Phi) is 5.17. The quantitative estimate of drug-likeness (QED) is 0.636. The van der Waals surface area contributed by atoms with Gasteiger partial charge in [-0.15, -0.1) is 0 Å². The molecule has 2 heterocycles. The summed E-state index contributed by atoms with van der Waals surface area (Å²) in [5.41, 5.74) is 4.10. The van der Waals surface area contributed by atoms with Gasteiger partial charge in [0.05, 0.1) is 19.6 Å². The maximum atomic E-state index is 5.86. The molecule has 1 aliphatic heterocycles. The average Bonchev–Trinajstić information content (AvgIpc) is 3.58. The van der Waals surface area contributed by atoms with Crippen molar-refractivity contribution in [3.63, 3.8) is 0 Å². The normalized spacial score (nSPS) is 19.2. The van der Waals surface area contributed by atoms with Gasteiger partial charge in [0.2, 0.25) is 4.77 Å². The second-order valence-corrected chi connectivity index (χ2v) is 8.56. The minimum absolute atomic E-state index is 0.586. The molecule has 4 nitrogen and oxygen atoms in total. The molecule has 1 atom stereocenters. The lowest BCUT2D eigenvalue weighted by atomic mass is 10.00. The van der Waals surface area contributed by atoms with E-state index in [9.17, 15) is 0 Å². The van der Waals surface area contributed by atoms with Crippen LogP contribution in [0.25, 0.3) is 5.57 Å². The lowest BCUT2D eigenvalue weighted by molar-refractivity contribution is -0.918. The molecule has 5 heteroatoms. The molecule has 5 rings (SSSR count). The molecule has 2 aromatic carbocycles. The molecule has 0 radical (unpaired) electrons. The van der Waals surface area contributed by atoms with Crippen molar-refractivity contribution >= 4 is 17.8 Å². The summed E-state index contributed by atoms with van der Waals surface area (Å²) in [5, 5.41) is 4.97. The maximum Gasteiger partial charge on any atom is 0.203 e. The van der Waals surface area contributed by atoms with Gasteiger partial charge in [0.25, 0.3) is 0 Å². The number of hydrogen-bond acceptors (Lipinski definition) is 2. The van der Waals surface area contributed by atoms with Crippen LogP contribution in [0.4, 0.5) is 0 Å². The standard InChI is InChI=1S/C24H26N4S/c29-24-27(17-19-7-3-1-4-8-19)23(22-11-12-22)25-28(24)18-26-15-13-21(14-16-26)20-9-5-2-6-10-20/h1-10,13,22H,11-12,14-18H2/p+1. The second kappa shape index (κ2) is 8.09. The van der Waals surface area contributed by atoms with Crippen molar-refractivity contribution < 1.29 is 4.90 Å². The van der Waals surface area contributed by atoms with Crippen molar-refractivity contribution in [3.8, 4) is 0 Å². The van der Waals surface area contributed by atoms with Crippen LogP contribution in [0.3, 0.4) is 0 Å². The van der Waals surface area contributed by atoms with E-state index in [-0.39, 0.29) is 0 Å². The van der Waals surface area contributed by atoms with E-state index in [2.05, 4.69) is 76.0 Å². The summed E-state index contributed by atoms with van der Waals surface area (Å²) in [4.78, 5) is 1.52. The van der Waals surface area contributed by atoms with Gasteiger partial charge in [-0.25, -0.2) is 0 Å². The Morgan fingerprint density at radius 2 is 1.72 bits per heavy atom. The summed E-state index contributed by atoms with van der Waals surface area (Å²) in [5.74, 6) is 1.76. The predicted octanol–water partition coefficient (Wildman–Crippen LogP) is 3.67. The van der Waals surface area contributed by atoms with Crippen LogP contribution in [0, 0.1) is 4.77 Å².